The average Bonchev–Trinajstić information content (AvgIpc) is 2.49. The lowest BCUT2D eigenvalue weighted by molar-refractivity contribution is -0.0642. The first-order valence-corrected chi connectivity index (χ1v) is 7.29. The third-order valence-corrected chi connectivity index (χ3v) is 4.15. The number of benzene rings is 1. The Morgan fingerprint density at radius 2 is 2.04 bits per heavy atom. The highest BCUT2D eigenvalue weighted by atomic mass is 16.5. The normalized spacial score (nSPS) is 22.0. The molecule has 6 heteroatoms. The van der Waals surface area contributed by atoms with Crippen LogP contribution in [0.5, 0.6) is 5.75 Å². The molecule has 0 fully saturated rings. The molecule has 0 spiro atoms. The Morgan fingerprint density at radius 3 is 2.70 bits per heavy atom. The van der Waals surface area contributed by atoms with Gasteiger partial charge in [-0.15, -0.1) is 0 Å². The van der Waals surface area contributed by atoms with Crippen LogP contribution in [-0.4, -0.2) is 27.3 Å². The van der Waals surface area contributed by atoms with E-state index in [2.05, 4.69) is 0 Å². The maximum Gasteiger partial charge on any atom is 0.251 e. The number of primary amides is 1. The molecule has 0 aliphatic carbocycles. The van der Waals surface area contributed by atoms with Crippen LogP contribution in [0.4, 0.5) is 0 Å². The molecule has 0 saturated heterocycles. The Kier molecular flexibility index (Phi) is 3.49. The van der Waals surface area contributed by atoms with Crippen molar-refractivity contribution in [3.05, 3.63) is 64.1 Å². The Bertz CT molecular complexity index is 825. The van der Waals surface area contributed by atoms with E-state index in [1.807, 2.05) is 0 Å². The number of fused-ring (bicyclic) bond motifs is 1. The minimum atomic E-state index is -0.974. The molecule has 0 radical (unpaired) electrons. The summed E-state index contributed by atoms with van der Waals surface area (Å²) in [6.45, 7) is 3.51. The fourth-order valence-electron chi connectivity index (χ4n) is 2.89. The maximum absolute atomic E-state index is 12.2. The van der Waals surface area contributed by atoms with Crippen molar-refractivity contribution >= 4 is 5.91 Å². The van der Waals surface area contributed by atoms with E-state index in [0.29, 0.717) is 16.9 Å². The molecule has 1 amide bonds. The van der Waals surface area contributed by atoms with Gasteiger partial charge in [-0.05, 0) is 38.1 Å². The fraction of sp³-hybridized carbons (Fsp3) is 0.294. The van der Waals surface area contributed by atoms with Crippen molar-refractivity contribution in [2.45, 2.75) is 31.6 Å². The maximum atomic E-state index is 12.2. The summed E-state index contributed by atoms with van der Waals surface area (Å²) in [4.78, 5) is 23.7. The van der Waals surface area contributed by atoms with Gasteiger partial charge < -0.3 is 20.1 Å². The predicted octanol–water partition coefficient (Wildman–Crippen LogP) is 1.07. The average molecular weight is 314 g/mol. The number of aliphatic hydroxyl groups excluding tert-OH is 1. The molecule has 2 heterocycles. The molecular formula is C17H18N2O4. The van der Waals surface area contributed by atoms with Gasteiger partial charge in [-0.3, -0.25) is 9.59 Å². The van der Waals surface area contributed by atoms with Crippen molar-refractivity contribution in [3.63, 3.8) is 0 Å². The van der Waals surface area contributed by atoms with Crippen molar-refractivity contribution in [2.75, 3.05) is 0 Å². The van der Waals surface area contributed by atoms with Gasteiger partial charge in [0.05, 0.1) is 6.04 Å². The molecule has 2 unspecified atom stereocenters. The van der Waals surface area contributed by atoms with Crippen LogP contribution in [0.3, 0.4) is 0 Å². The van der Waals surface area contributed by atoms with Gasteiger partial charge in [0.15, 0.2) is 0 Å². The van der Waals surface area contributed by atoms with Crippen LogP contribution in [0.1, 0.15) is 35.8 Å². The molecule has 1 aromatic carbocycles. The molecule has 1 aromatic heterocycles. The van der Waals surface area contributed by atoms with E-state index in [4.69, 9.17) is 10.5 Å². The van der Waals surface area contributed by atoms with E-state index < -0.39 is 23.7 Å². The van der Waals surface area contributed by atoms with Crippen molar-refractivity contribution < 1.29 is 14.6 Å². The Labute approximate surface area is 133 Å². The first-order valence-electron chi connectivity index (χ1n) is 7.29. The van der Waals surface area contributed by atoms with E-state index in [0.717, 1.165) is 0 Å². The van der Waals surface area contributed by atoms with Crippen LogP contribution < -0.4 is 16.0 Å². The third-order valence-electron chi connectivity index (χ3n) is 4.15. The number of pyridine rings is 1. The summed E-state index contributed by atoms with van der Waals surface area (Å²) in [7, 11) is 0. The van der Waals surface area contributed by atoms with Crippen molar-refractivity contribution in [2.24, 2.45) is 5.73 Å². The van der Waals surface area contributed by atoms with Gasteiger partial charge in [0.2, 0.25) is 5.91 Å². The molecule has 0 saturated carbocycles. The summed E-state index contributed by atoms with van der Waals surface area (Å²) in [5.74, 6) is -0.0580. The molecular weight excluding hydrogens is 296 g/mol. The van der Waals surface area contributed by atoms with Gasteiger partial charge >= 0.3 is 0 Å². The Hall–Kier alpha value is -2.60. The van der Waals surface area contributed by atoms with Crippen LogP contribution in [0.15, 0.2) is 47.4 Å². The van der Waals surface area contributed by atoms with E-state index in [1.165, 1.54) is 10.6 Å². The SMILES string of the molecule is CC1(C)Oc2ccc(C(N)=O)cc2C(n2ccccc2=O)C1O. The number of carbonyl (C=O) groups is 1. The first-order chi connectivity index (χ1) is 10.8. The molecule has 3 rings (SSSR count). The van der Waals surface area contributed by atoms with Gasteiger partial charge in [0.1, 0.15) is 17.5 Å². The Balaban J connectivity index is 2.25. The summed E-state index contributed by atoms with van der Waals surface area (Å²) < 4.78 is 7.28. The molecule has 0 bridgehead atoms. The monoisotopic (exact) mass is 314 g/mol. The highest BCUT2D eigenvalue weighted by molar-refractivity contribution is 5.93. The third kappa shape index (κ3) is 2.51. The number of amides is 1. The van der Waals surface area contributed by atoms with Gasteiger partial charge in [0.25, 0.3) is 5.56 Å². The molecule has 2 aromatic rings. The minimum absolute atomic E-state index is 0.246. The smallest absolute Gasteiger partial charge is 0.251 e. The van der Waals surface area contributed by atoms with Crippen LogP contribution in [0.2, 0.25) is 0 Å². The van der Waals surface area contributed by atoms with Crippen LogP contribution >= 0.6 is 0 Å². The van der Waals surface area contributed by atoms with Crippen molar-refractivity contribution in [1.29, 1.82) is 0 Å². The topological polar surface area (TPSA) is 94.5 Å². The standard InChI is InChI=1S/C17H18N2O4/c1-17(2)15(21)14(19-8-4-3-5-13(19)20)11-9-10(16(18)22)6-7-12(11)23-17/h3-9,14-15,21H,1-2H3,(H2,18,22). The van der Waals surface area contributed by atoms with Crippen molar-refractivity contribution in [1.82, 2.24) is 4.57 Å². The number of aliphatic hydroxyl groups is 1. The molecule has 3 N–H and O–H groups in total. The number of hydrogen-bond donors (Lipinski definition) is 2. The van der Waals surface area contributed by atoms with Gasteiger partial charge in [-0.25, -0.2) is 0 Å². The van der Waals surface area contributed by atoms with E-state index in [9.17, 15) is 14.7 Å². The highest BCUT2D eigenvalue weighted by Gasteiger charge is 2.44. The number of aromatic nitrogens is 1. The van der Waals surface area contributed by atoms with Gasteiger partial charge in [-0.1, -0.05) is 6.07 Å². The Morgan fingerprint density at radius 1 is 1.30 bits per heavy atom. The number of nitrogens with two attached hydrogens (primary N) is 1. The van der Waals surface area contributed by atoms with Crippen LogP contribution in [0, 0.1) is 0 Å². The molecule has 23 heavy (non-hydrogen) atoms. The van der Waals surface area contributed by atoms with E-state index >= 15 is 0 Å². The number of rotatable bonds is 2. The molecule has 1 aliphatic rings. The second kappa shape index (κ2) is 5.24. The number of carbonyl (C=O) groups excluding carboxylic acids is 1. The number of hydrogen-bond acceptors (Lipinski definition) is 4. The number of ether oxygens (including phenoxy) is 1. The lowest BCUT2D eigenvalue weighted by Crippen LogP contribution is -2.52. The molecule has 120 valence electrons. The minimum Gasteiger partial charge on any atom is -0.485 e. The predicted molar refractivity (Wildman–Crippen MR) is 84.5 cm³/mol. The second-order valence-corrected chi connectivity index (χ2v) is 6.16. The summed E-state index contributed by atoms with van der Waals surface area (Å²) in [5.41, 5.74) is 5.06. The zero-order valence-electron chi connectivity index (χ0n) is 12.9. The van der Waals surface area contributed by atoms with Crippen LogP contribution in [-0.2, 0) is 0 Å². The molecule has 1 aliphatic heterocycles. The quantitative estimate of drug-likeness (QED) is 0.867. The first kappa shape index (κ1) is 15.3. The largest absolute Gasteiger partial charge is 0.485 e. The van der Waals surface area contributed by atoms with E-state index in [1.54, 1.807) is 50.4 Å². The van der Waals surface area contributed by atoms with Crippen LogP contribution in [0.25, 0.3) is 0 Å². The zero-order chi connectivity index (χ0) is 16.8. The second-order valence-electron chi connectivity index (χ2n) is 6.16. The lowest BCUT2D eigenvalue weighted by atomic mass is 9.85. The number of nitrogens with zero attached hydrogens (tertiary/aromatic N) is 1. The van der Waals surface area contributed by atoms with E-state index in [-0.39, 0.29) is 5.56 Å². The highest BCUT2D eigenvalue weighted by Crippen LogP contribution is 2.41. The summed E-state index contributed by atoms with van der Waals surface area (Å²) in [6.07, 6.45) is 0.636. The zero-order valence-corrected chi connectivity index (χ0v) is 12.9. The van der Waals surface area contributed by atoms with Gasteiger partial charge in [0, 0.05) is 23.4 Å². The fourth-order valence-corrected chi connectivity index (χ4v) is 2.89. The summed E-state index contributed by atoms with van der Waals surface area (Å²) >= 11 is 0. The van der Waals surface area contributed by atoms with Crippen molar-refractivity contribution in [3.8, 4) is 5.75 Å². The lowest BCUT2D eigenvalue weighted by Gasteiger charge is -2.42. The van der Waals surface area contributed by atoms with Gasteiger partial charge in [-0.2, -0.15) is 0 Å². The summed E-state index contributed by atoms with van der Waals surface area (Å²) in [6, 6.07) is 8.89. The molecule has 2 atom stereocenters. The molecule has 6 nitrogen and oxygen atoms in total. The summed E-state index contributed by atoms with van der Waals surface area (Å²) in [5, 5.41) is 10.7.